The monoisotopic (exact) mass is 246 g/mol. The summed E-state index contributed by atoms with van der Waals surface area (Å²) in [5.41, 5.74) is 2.13. The van der Waals surface area contributed by atoms with Crippen molar-refractivity contribution in [2.75, 3.05) is 0 Å². The first-order valence-electron chi connectivity index (χ1n) is 8.27. The number of rotatable bonds is 0. The molecule has 0 amide bonds. The first-order valence-corrected chi connectivity index (χ1v) is 8.27. The molecule has 0 aromatic rings. The van der Waals surface area contributed by atoms with Crippen LogP contribution in [-0.2, 0) is 4.74 Å². The Morgan fingerprint density at radius 1 is 0.944 bits per heavy atom. The van der Waals surface area contributed by atoms with Crippen molar-refractivity contribution >= 4 is 0 Å². The van der Waals surface area contributed by atoms with E-state index in [2.05, 4.69) is 6.08 Å². The molecular weight excluding hydrogens is 220 g/mol. The lowest BCUT2D eigenvalue weighted by molar-refractivity contribution is -0.170. The first kappa shape index (κ1) is 11.5. The molecule has 0 radical (unpaired) electrons. The molecule has 1 spiro atoms. The Bertz CT molecular complexity index is 351. The Hall–Kier alpha value is -0.300. The fourth-order valence-electron chi connectivity index (χ4n) is 5.32. The number of fused-ring (bicyclic) bond motifs is 4. The summed E-state index contributed by atoms with van der Waals surface area (Å²) < 4.78 is 6.77. The SMILES string of the molecule is C1=C2[C@H]3CCCC[C@@H]3OC3(CCCC3)[C@@H]2CCC1. The normalized spacial score (nSPS) is 42.2. The van der Waals surface area contributed by atoms with Crippen LogP contribution in [0.15, 0.2) is 11.6 Å². The zero-order valence-electron chi connectivity index (χ0n) is 11.5. The molecule has 4 aliphatic rings. The van der Waals surface area contributed by atoms with Crippen LogP contribution in [0.1, 0.15) is 70.6 Å². The molecule has 1 heterocycles. The maximum Gasteiger partial charge on any atom is 0.0751 e. The summed E-state index contributed by atoms with van der Waals surface area (Å²) in [4.78, 5) is 0. The zero-order valence-corrected chi connectivity index (χ0v) is 11.5. The summed E-state index contributed by atoms with van der Waals surface area (Å²) in [6.45, 7) is 0. The summed E-state index contributed by atoms with van der Waals surface area (Å²) >= 11 is 0. The lowest BCUT2D eigenvalue weighted by Gasteiger charge is -2.53. The molecule has 100 valence electrons. The minimum Gasteiger partial charge on any atom is -0.371 e. The van der Waals surface area contributed by atoms with Crippen LogP contribution in [0.2, 0.25) is 0 Å². The Kier molecular flexibility index (Phi) is 2.80. The van der Waals surface area contributed by atoms with E-state index in [1.54, 1.807) is 0 Å². The third-order valence-corrected chi connectivity index (χ3v) is 6.08. The van der Waals surface area contributed by atoms with Crippen LogP contribution in [-0.4, -0.2) is 11.7 Å². The van der Waals surface area contributed by atoms with Crippen molar-refractivity contribution in [2.45, 2.75) is 82.3 Å². The molecule has 0 unspecified atom stereocenters. The summed E-state index contributed by atoms with van der Waals surface area (Å²) in [5, 5.41) is 0. The third-order valence-electron chi connectivity index (χ3n) is 6.08. The van der Waals surface area contributed by atoms with E-state index >= 15 is 0 Å². The quantitative estimate of drug-likeness (QED) is 0.567. The zero-order chi connectivity index (χ0) is 12.0. The van der Waals surface area contributed by atoms with Gasteiger partial charge in [-0.2, -0.15) is 0 Å². The minimum atomic E-state index is 0.283. The van der Waals surface area contributed by atoms with Gasteiger partial charge in [0.2, 0.25) is 0 Å². The standard InChI is InChI=1S/C17H26O/c1-3-9-15-13(7-1)14-8-2-4-10-16(14)18-17(15)11-5-6-12-17/h7,14-16H,1-6,8-12H2/t14-,15-,16+/m1/s1. The van der Waals surface area contributed by atoms with Gasteiger partial charge in [0.25, 0.3) is 0 Å². The highest BCUT2D eigenvalue weighted by Gasteiger charge is 2.52. The molecule has 0 aromatic carbocycles. The lowest BCUT2D eigenvalue weighted by Crippen LogP contribution is -2.52. The van der Waals surface area contributed by atoms with Gasteiger partial charge in [0.1, 0.15) is 0 Å². The van der Waals surface area contributed by atoms with Crippen LogP contribution in [0, 0.1) is 11.8 Å². The molecule has 0 aromatic heterocycles. The van der Waals surface area contributed by atoms with E-state index < -0.39 is 0 Å². The Balaban J connectivity index is 1.71. The van der Waals surface area contributed by atoms with Gasteiger partial charge >= 0.3 is 0 Å². The van der Waals surface area contributed by atoms with Gasteiger partial charge in [-0.25, -0.2) is 0 Å². The summed E-state index contributed by atoms with van der Waals surface area (Å²) in [7, 11) is 0. The van der Waals surface area contributed by atoms with E-state index in [1.807, 2.05) is 5.57 Å². The number of hydrogen-bond acceptors (Lipinski definition) is 1. The van der Waals surface area contributed by atoms with Crippen LogP contribution < -0.4 is 0 Å². The van der Waals surface area contributed by atoms with Crippen LogP contribution in [0.5, 0.6) is 0 Å². The van der Waals surface area contributed by atoms with Crippen LogP contribution in [0.25, 0.3) is 0 Å². The van der Waals surface area contributed by atoms with Gasteiger partial charge in [-0.15, -0.1) is 0 Å². The van der Waals surface area contributed by atoms with Crippen molar-refractivity contribution < 1.29 is 4.74 Å². The second kappa shape index (κ2) is 4.37. The summed E-state index contributed by atoms with van der Waals surface area (Å²) in [6, 6.07) is 0. The van der Waals surface area contributed by atoms with Gasteiger partial charge in [0.05, 0.1) is 11.7 Å². The average molecular weight is 246 g/mol. The van der Waals surface area contributed by atoms with E-state index in [4.69, 9.17) is 4.74 Å². The van der Waals surface area contributed by atoms with Gasteiger partial charge in [-0.05, 0) is 44.9 Å². The Labute approximate surface area is 111 Å². The molecule has 1 nitrogen and oxygen atoms in total. The molecule has 3 atom stereocenters. The maximum absolute atomic E-state index is 6.77. The van der Waals surface area contributed by atoms with E-state index in [-0.39, 0.29) is 5.60 Å². The van der Waals surface area contributed by atoms with Crippen molar-refractivity contribution in [1.29, 1.82) is 0 Å². The number of hydrogen-bond donors (Lipinski definition) is 0. The van der Waals surface area contributed by atoms with E-state index in [0.29, 0.717) is 6.10 Å². The molecule has 1 heteroatoms. The molecule has 3 fully saturated rings. The van der Waals surface area contributed by atoms with Crippen molar-refractivity contribution in [3.05, 3.63) is 11.6 Å². The molecule has 3 aliphatic carbocycles. The van der Waals surface area contributed by atoms with E-state index in [0.717, 1.165) is 11.8 Å². The van der Waals surface area contributed by atoms with Crippen LogP contribution in [0.3, 0.4) is 0 Å². The number of ether oxygens (including phenoxy) is 1. The van der Waals surface area contributed by atoms with Crippen molar-refractivity contribution in [2.24, 2.45) is 11.8 Å². The minimum absolute atomic E-state index is 0.283. The lowest BCUT2D eigenvalue weighted by atomic mass is 9.64. The van der Waals surface area contributed by atoms with Gasteiger partial charge in [0, 0.05) is 11.8 Å². The molecule has 0 bridgehead atoms. The van der Waals surface area contributed by atoms with E-state index in [1.165, 1.54) is 70.6 Å². The van der Waals surface area contributed by atoms with Crippen molar-refractivity contribution in [3.8, 4) is 0 Å². The Morgan fingerprint density at radius 3 is 2.67 bits per heavy atom. The highest BCUT2D eigenvalue weighted by atomic mass is 16.5. The molecule has 18 heavy (non-hydrogen) atoms. The average Bonchev–Trinajstić information content (AvgIpc) is 2.89. The second-order valence-electron chi connectivity index (χ2n) is 7.01. The predicted molar refractivity (Wildman–Crippen MR) is 73.5 cm³/mol. The van der Waals surface area contributed by atoms with Gasteiger partial charge in [-0.3, -0.25) is 0 Å². The molecule has 1 aliphatic heterocycles. The fourth-order valence-corrected chi connectivity index (χ4v) is 5.32. The third kappa shape index (κ3) is 1.62. The van der Waals surface area contributed by atoms with Crippen LogP contribution >= 0.6 is 0 Å². The summed E-state index contributed by atoms with van der Waals surface area (Å²) in [6.07, 6.45) is 18.4. The molecular formula is C17H26O. The molecule has 1 saturated heterocycles. The highest BCUT2D eigenvalue weighted by molar-refractivity contribution is 5.24. The fraction of sp³-hybridized carbons (Fsp3) is 0.882. The highest BCUT2D eigenvalue weighted by Crippen LogP contribution is 2.55. The molecule has 2 saturated carbocycles. The van der Waals surface area contributed by atoms with Gasteiger partial charge < -0.3 is 4.74 Å². The van der Waals surface area contributed by atoms with Gasteiger partial charge in [0.15, 0.2) is 0 Å². The number of allylic oxidation sites excluding steroid dienone is 1. The Morgan fingerprint density at radius 2 is 1.78 bits per heavy atom. The smallest absolute Gasteiger partial charge is 0.0751 e. The second-order valence-corrected chi connectivity index (χ2v) is 7.01. The molecule has 0 N–H and O–H groups in total. The van der Waals surface area contributed by atoms with E-state index in [9.17, 15) is 0 Å². The molecule has 4 rings (SSSR count). The largest absolute Gasteiger partial charge is 0.371 e. The van der Waals surface area contributed by atoms with Crippen molar-refractivity contribution in [3.63, 3.8) is 0 Å². The maximum atomic E-state index is 6.77. The van der Waals surface area contributed by atoms with Crippen LogP contribution in [0.4, 0.5) is 0 Å². The predicted octanol–water partition coefficient (Wildman–Crippen LogP) is 4.61. The topological polar surface area (TPSA) is 9.23 Å². The first-order chi connectivity index (χ1) is 8.89. The summed E-state index contributed by atoms with van der Waals surface area (Å²) in [5.74, 6) is 1.60. The van der Waals surface area contributed by atoms with Crippen molar-refractivity contribution in [1.82, 2.24) is 0 Å². The van der Waals surface area contributed by atoms with Gasteiger partial charge in [-0.1, -0.05) is 37.3 Å².